The summed E-state index contributed by atoms with van der Waals surface area (Å²) in [4.78, 5) is 23.3. The largest absolute Gasteiger partial charge is 0.493 e. The van der Waals surface area contributed by atoms with Gasteiger partial charge in [0.1, 0.15) is 5.75 Å². The summed E-state index contributed by atoms with van der Waals surface area (Å²) in [6.45, 7) is 1.84. The number of ether oxygens (including phenoxy) is 2. The van der Waals surface area contributed by atoms with E-state index in [-0.39, 0.29) is 25.5 Å². The highest BCUT2D eigenvalue weighted by molar-refractivity contribution is 5.92. The Hall–Kier alpha value is -2.82. The van der Waals surface area contributed by atoms with Crippen molar-refractivity contribution in [2.24, 2.45) is 0 Å². The third kappa shape index (κ3) is 6.22. The van der Waals surface area contributed by atoms with Crippen LogP contribution in [-0.2, 0) is 14.3 Å². The molecule has 0 aliphatic heterocycles. The van der Waals surface area contributed by atoms with Crippen LogP contribution in [0.4, 0.5) is 5.69 Å². The van der Waals surface area contributed by atoms with Crippen LogP contribution in [-0.4, -0.2) is 25.1 Å². The molecule has 0 aliphatic carbocycles. The highest BCUT2D eigenvalue weighted by Crippen LogP contribution is 2.10. The molecule has 2 aromatic rings. The number of carbonyl (C=O) groups excluding carboxylic acids is 2. The normalized spacial score (nSPS) is 9.96. The minimum absolute atomic E-state index is 0.0899. The van der Waals surface area contributed by atoms with E-state index < -0.39 is 5.97 Å². The van der Waals surface area contributed by atoms with Crippen molar-refractivity contribution in [3.8, 4) is 5.75 Å². The predicted octanol–water partition coefficient (Wildman–Crippen LogP) is 2.95. The Labute approximate surface area is 135 Å². The quantitative estimate of drug-likeness (QED) is 0.798. The number of para-hydroxylation sites is 1. The van der Waals surface area contributed by atoms with Gasteiger partial charge in [0.15, 0.2) is 6.61 Å². The summed E-state index contributed by atoms with van der Waals surface area (Å²) in [7, 11) is 0. The Kier molecular flexibility index (Phi) is 6.17. The molecular weight excluding hydrogens is 294 g/mol. The molecule has 0 aromatic heterocycles. The number of hydrogen-bond acceptors (Lipinski definition) is 4. The average Bonchev–Trinajstić information content (AvgIpc) is 2.54. The molecule has 5 heteroatoms. The second-order valence-electron chi connectivity index (χ2n) is 4.99. The molecule has 0 atom stereocenters. The SMILES string of the molecule is Cc1cccc(NC(=O)COC(=O)CCOc2ccccc2)c1. The molecule has 0 radical (unpaired) electrons. The smallest absolute Gasteiger partial charge is 0.309 e. The summed E-state index contributed by atoms with van der Waals surface area (Å²) in [5.74, 6) is -0.147. The van der Waals surface area contributed by atoms with Gasteiger partial charge in [-0.3, -0.25) is 9.59 Å². The minimum atomic E-state index is -0.472. The van der Waals surface area contributed by atoms with Crippen molar-refractivity contribution in [2.75, 3.05) is 18.5 Å². The number of anilines is 1. The van der Waals surface area contributed by atoms with E-state index in [0.29, 0.717) is 11.4 Å². The summed E-state index contributed by atoms with van der Waals surface area (Å²) >= 11 is 0. The second-order valence-corrected chi connectivity index (χ2v) is 4.99. The summed E-state index contributed by atoms with van der Waals surface area (Å²) in [5.41, 5.74) is 1.72. The maximum atomic E-state index is 11.7. The van der Waals surface area contributed by atoms with E-state index in [9.17, 15) is 9.59 Å². The van der Waals surface area contributed by atoms with Gasteiger partial charge in [-0.1, -0.05) is 30.3 Å². The molecule has 2 aromatic carbocycles. The molecule has 0 bridgehead atoms. The van der Waals surface area contributed by atoms with Gasteiger partial charge in [-0.05, 0) is 36.8 Å². The lowest BCUT2D eigenvalue weighted by Gasteiger charge is -2.08. The Morgan fingerprint density at radius 2 is 1.83 bits per heavy atom. The number of rotatable bonds is 7. The van der Waals surface area contributed by atoms with Crippen molar-refractivity contribution < 1.29 is 19.1 Å². The van der Waals surface area contributed by atoms with Crippen LogP contribution < -0.4 is 10.1 Å². The van der Waals surface area contributed by atoms with E-state index in [1.165, 1.54) is 0 Å². The Balaban J connectivity index is 1.65. The third-order valence-electron chi connectivity index (χ3n) is 2.98. The van der Waals surface area contributed by atoms with Gasteiger partial charge < -0.3 is 14.8 Å². The van der Waals surface area contributed by atoms with Crippen LogP contribution in [0.1, 0.15) is 12.0 Å². The molecule has 0 heterocycles. The summed E-state index contributed by atoms with van der Waals surface area (Å²) < 4.78 is 10.3. The van der Waals surface area contributed by atoms with Crippen molar-refractivity contribution >= 4 is 17.6 Å². The standard InChI is InChI=1S/C18H19NO4/c1-14-6-5-7-15(12-14)19-17(20)13-23-18(21)10-11-22-16-8-3-2-4-9-16/h2-9,12H,10-11,13H2,1H3,(H,19,20). The monoisotopic (exact) mass is 313 g/mol. The number of benzene rings is 2. The van der Waals surface area contributed by atoms with Crippen molar-refractivity contribution in [3.63, 3.8) is 0 Å². The van der Waals surface area contributed by atoms with Crippen LogP contribution in [0.2, 0.25) is 0 Å². The first-order chi connectivity index (χ1) is 11.1. The molecule has 120 valence electrons. The zero-order chi connectivity index (χ0) is 16.5. The van der Waals surface area contributed by atoms with Crippen LogP contribution in [0.25, 0.3) is 0 Å². The molecule has 23 heavy (non-hydrogen) atoms. The first-order valence-electron chi connectivity index (χ1n) is 7.33. The number of hydrogen-bond donors (Lipinski definition) is 1. The summed E-state index contributed by atoms with van der Waals surface area (Å²) in [5, 5.41) is 2.67. The summed E-state index contributed by atoms with van der Waals surface area (Å²) in [6, 6.07) is 16.6. The predicted molar refractivity (Wildman–Crippen MR) is 87.3 cm³/mol. The number of nitrogens with one attached hydrogen (secondary N) is 1. The fraction of sp³-hybridized carbons (Fsp3) is 0.222. The van der Waals surface area contributed by atoms with Crippen molar-refractivity contribution in [2.45, 2.75) is 13.3 Å². The topological polar surface area (TPSA) is 64.6 Å². The van der Waals surface area contributed by atoms with Crippen molar-refractivity contribution in [1.29, 1.82) is 0 Å². The molecule has 0 spiro atoms. The zero-order valence-corrected chi connectivity index (χ0v) is 13.0. The lowest BCUT2D eigenvalue weighted by atomic mass is 10.2. The molecule has 5 nitrogen and oxygen atoms in total. The first kappa shape index (κ1) is 16.5. The van der Waals surface area contributed by atoms with Crippen LogP contribution in [0, 0.1) is 6.92 Å². The number of esters is 1. The highest BCUT2D eigenvalue weighted by Gasteiger charge is 2.08. The number of carbonyl (C=O) groups is 2. The molecule has 1 amide bonds. The molecule has 0 fully saturated rings. The van der Waals surface area contributed by atoms with Crippen LogP contribution >= 0.6 is 0 Å². The van der Waals surface area contributed by atoms with Gasteiger partial charge in [0.2, 0.25) is 0 Å². The number of aryl methyl sites for hydroxylation is 1. The molecule has 0 unspecified atom stereocenters. The van der Waals surface area contributed by atoms with Crippen LogP contribution in [0.5, 0.6) is 5.75 Å². The van der Waals surface area contributed by atoms with E-state index in [1.54, 1.807) is 18.2 Å². The Morgan fingerprint density at radius 3 is 2.57 bits per heavy atom. The molecule has 2 rings (SSSR count). The van der Waals surface area contributed by atoms with Gasteiger partial charge in [0.25, 0.3) is 5.91 Å². The fourth-order valence-corrected chi connectivity index (χ4v) is 1.91. The van der Waals surface area contributed by atoms with Crippen molar-refractivity contribution in [1.82, 2.24) is 0 Å². The fourth-order valence-electron chi connectivity index (χ4n) is 1.91. The molecular formula is C18H19NO4. The number of amides is 1. The van der Waals surface area contributed by atoms with Gasteiger partial charge in [-0.2, -0.15) is 0 Å². The van der Waals surface area contributed by atoms with Gasteiger partial charge in [-0.15, -0.1) is 0 Å². The Morgan fingerprint density at radius 1 is 1.04 bits per heavy atom. The van der Waals surface area contributed by atoms with Crippen LogP contribution in [0.15, 0.2) is 54.6 Å². The van der Waals surface area contributed by atoms with Gasteiger partial charge >= 0.3 is 5.97 Å². The minimum Gasteiger partial charge on any atom is -0.493 e. The van der Waals surface area contributed by atoms with Gasteiger partial charge in [0.05, 0.1) is 13.0 Å². The average molecular weight is 313 g/mol. The summed E-state index contributed by atoms with van der Waals surface area (Å²) in [6.07, 6.45) is 0.0899. The van der Waals surface area contributed by atoms with E-state index in [4.69, 9.17) is 9.47 Å². The maximum Gasteiger partial charge on any atom is 0.309 e. The van der Waals surface area contributed by atoms with E-state index in [0.717, 1.165) is 5.56 Å². The molecule has 0 saturated heterocycles. The van der Waals surface area contributed by atoms with E-state index in [2.05, 4.69) is 5.32 Å². The molecule has 0 saturated carbocycles. The van der Waals surface area contributed by atoms with Crippen molar-refractivity contribution in [3.05, 3.63) is 60.2 Å². The van der Waals surface area contributed by atoms with Gasteiger partial charge in [-0.25, -0.2) is 0 Å². The molecule has 0 aliphatic rings. The van der Waals surface area contributed by atoms with E-state index in [1.807, 2.05) is 43.3 Å². The maximum absolute atomic E-state index is 11.7. The Bertz CT molecular complexity index is 655. The van der Waals surface area contributed by atoms with Gasteiger partial charge in [0, 0.05) is 5.69 Å². The van der Waals surface area contributed by atoms with E-state index >= 15 is 0 Å². The zero-order valence-electron chi connectivity index (χ0n) is 13.0. The lowest BCUT2D eigenvalue weighted by molar-refractivity contribution is -0.147. The third-order valence-corrected chi connectivity index (χ3v) is 2.98. The lowest BCUT2D eigenvalue weighted by Crippen LogP contribution is -2.21. The van der Waals surface area contributed by atoms with Crippen LogP contribution in [0.3, 0.4) is 0 Å². The first-order valence-corrected chi connectivity index (χ1v) is 7.33. The second kappa shape index (κ2) is 8.58. The molecule has 1 N–H and O–H groups in total. The highest BCUT2D eigenvalue weighted by atomic mass is 16.5.